The van der Waals surface area contributed by atoms with Crippen LogP contribution >= 0.6 is 11.3 Å². The van der Waals surface area contributed by atoms with Gasteiger partial charge >= 0.3 is 0 Å². The fraction of sp³-hybridized carbons (Fsp3) is 0.0769. The zero-order chi connectivity index (χ0) is 12.4. The Kier molecular flexibility index (Phi) is 2.82. The minimum absolute atomic E-state index is 0.829. The SMILES string of the molecule is COc1ccccc1-c1csc(-n2cccn2)n1. The van der Waals surface area contributed by atoms with E-state index >= 15 is 0 Å². The first kappa shape index (κ1) is 11.0. The molecule has 2 heterocycles. The lowest BCUT2D eigenvalue weighted by Gasteiger charge is -2.04. The summed E-state index contributed by atoms with van der Waals surface area (Å²) in [5.74, 6) is 0.829. The summed E-state index contributed by atoms with van der Waals surface area (Å²) >= 11 is 1.56. The molecule has 0 N–H and O–H groups in total. The van der Waals surface area contributed by atoms with E-state index in [4.69, 9.17) is 4.74 Å². The quantitative estimate of drug-likeness (QED) is 0.724. The molecule has 3 rings (SSSR count). The fourth-order valence-corrected chi connectivity index (χ4v) is 2.50. The van der Waals surface area contributed by atoms with Crippen LogP contribution in [0, 0.1) is 0 Å². The van der Waals surface area contributed by atoms with Gasteiger partial charge in [-0.15, -0.1) is 11.3 Å². The normalized spacial score (nSPS) is 10.5. The number of thiazole rings is 1. The first-order chi connectivity index (χ1) is 8.88. The van der Waals surface area contributed by atoms with Gasteiger partial charge in [0.2, 0.25) is 5.13 Å². The molecule has 0 saturated heterocycles. The lowest BCUT2D eigenvalue weighted by Crippen LogP contribution is -1.93. The Morgan fingerprint density at radius 1 is 1.22 bits per heavy atom. The van der Waals surface area contributed by atoms with Gasteiger partial charge in [-0.25, -0.2) is 9.67 Å². The standard InChI is InChI=1S/C13H11N3OS/c1-17-12-6-3-2-5-10(12)11-9-18-13(15-11)16-8-4-7-14-16/h2-9H,1H3. The van der Waals surface area contributed by atoms with Crippen molar-refractivity contribution in [3.63, 3.8) is 0 Å². The molecule has 0 aliphatic carbocycles. The van der Waals surface area contributed by atoms with Crippen LogP contribution in [0.4, 0.5) is 0 Å². The Labute approximate surface area is 108 Å². The average molecular weight is 257 g/mol. The van der Waals surface area contributed by atoms with Crippen LogP contribution in [0.25, 0.3) is 16.4 Å². The van der Waals surface area contributed by atoms with Gasteiger partial charge in [0.1, 0.15) is 5.75 Å². The maximum absolute atomic E-state index is 5.34. The molecular formula is C13H11N3OS. The molecule has 0 spiro atoms. The van der Waals surface area contributed by atoms with Crippen molar-refractivity contribution in [3.05, 3.63) is 48.1 Å². The predicted octanol–water partition coefficient (Wildman–Crippen LogP) is 3.00. The van der Waals surface area contributed by atoms with E-state index in [1.54, 1.807) is 29.3 Å². The average Bonchev–Trinajstić information content (AvgIpc) is 3.09. The summed E-state index contributed by atoms with van der Waals surface area (Å²) in [4.78, 5) is 4.57. The van der Waals surface area contributed by atoms with Crippen molar-refractivity contribution in [1.29, 1.82) is 0 Å². The highest BCUT2D eigenvalue weighted by Crippen LogP contribution is 2.31. The molecule has 0 atom stereocenters. The summed E-state index contributed by atoms with van der Waals surface area (Å²) < 4.78 is 7.10. The molecule has 0 bridgehead atoms. The van der Waals surface area contributed by atoms with Crippen LogP contribution in [0.5, 0.6) is 5.75 Å². The molecule has 90 valence electrons. The Balaban J connectivity index is 2.03. The molecule has 3 aromatic rings. The first-order valence-corrected chi connectivity index (χ1v) is 6.35. The highest BCUT2D eigenvalue weighted by Gasteiger charge is 2.10. The van der Waals surface area contributed by atoms with Gasteiger partial charge in [0.15, 0.2) is 0 Å². The number of nitrogens with zero attached hydrogens (tertiary/aromatic N) is 3. The highest BCUT2D eigenvalue weighted by atomic mass is 32.1. The lowest BCUT2D eigenvalue weighted by atomic mass is 10.1. The van der Waals surface area contributed by atoms with Gasteiger partial charge in [-0.3, -0.25) is 0 Å². The van der Waals surface area contributed by atoms with Crippen LogP contribution in [0.15, 0.2) is 48.1 Å². The van der Waals surface area contributed by atoms with Crippen LogP contribution in [-0.2, 0) is 0 Å². The molecule has 4 nitrogen and oxygen atoms in total. The fourth-order valence-electron chi connectivity index (χ4n) is 1.73. The van der Waals surface area contributed by atoms with E-state index in [-0.39, 0.29) is 0 Å². The minimum atomic E-state index is 0.829. The van der Waals surface area contributed by atoms with E-state index in [9.17, 15) is 0 Å². The molecule has 2 aromatic heterocycles. The van der Waals surface area contributed by atoms with E-state index < -0.39 is 0 Å². The lowest BCUT2D eigenvalue weighted by molar-refractivity contribution is 0.416. The molecule has 0 unspecified atom stereocenters. The number of hydrogen-bond donors (Lipinski definition) is 0. The van der Waals surface area contributed by atoms with E-state index in [0.29, 0.717) is 0 Å². The number of ether oxygens (including phenoxy) is 1. The van der Waals surface area contributed by atoms with Crippen molar-refractivity contribution >= 4 is 11.3 Å². The third-order valence-electron chi connectivity index (χ3n) is 2.58. The zero-order valence-electron chi connectivity index (χ0n) is 9.78. The van der Waals surface area contributed by atoms with Gasteiger partial charge in [-0.2, -0.15) is 5.10 Å². The molecule has 0 saturated carbocycles. The van der Waals surface area contributed by atoms with Gasteiger partial charge in [-0.05, 0) is 18.2 Å². The molecule has 0 fully saturated rings. The van der Waals surface area contributed by atoms with E-state index in [2.05, 4.69) is 10.1 Å². The summed E-state index contributed by atoms with van der Waals surface area (Å²) in [6, 6.07) is 9.74. The monoisotopic (exact) mass is 257 g/mol. The topological polar surface area (TPSA) is 39.9 Å². The Bertz CT molecular complexity index is 646. The first-order valence-electron chi connectivity index (χ1n) is 5.47. The third kappa shape index (κ3) is 1.89. The van der Waals surface area contributed by atoms with Crippen LogP contribution in [-0.4, -0.2) is 21.9 Å². The highest BCUT2D eigenvalue weighted by molar-refractivity contribution is 7.12. The molecule has 0 amide bonds. The number of aromatic nitrogens is 3. The van der Waals surface area contributed by atoms with Crippen molar-refractivity contribution in [2.24, 2.45) is 0 Å². The Morgan fingerprint density at radius 3 is 2.89 bits per heavy atom. The largest absolute Gasteiger partial charge is 0.496 e. The smallest absolute Gasteiger partial charge is 0.210 e. The van der Waals surface area contributed by atoms with Crippen molar-refractivity contribution in [2.45, 2.75) is 0 Å². The second-order valence-electron chi connectivity index (χ2n) is 3.67. The number of methoxy groups -OCH3 is 1. The summed E-state index contributed by atoms with van der Waals surface area (Å²) in [7, 11) is 1.67. The number of rotatable bonds is 3. The molecular weight excluding hydrogens is 246 g/mol. The maximum Gasteiger partial charge on any atom is 0.210 e. The van der Waals surface area contributed by atoms with Gasteiger partial charge in [0.05, 0.1) is 12.8 Å². The predicted molar refractivity (Wildman–Crippen MR) is 71.2 cm³/mol. The minimum Gasteiger partial charge on any atom is -0.496 e. The molecule has 5 heteroatoms. The summed E-state index contributed by atoms with van der Waals surface area (Å²) in [6.07, 6.45) is 3.62. The second kappa shape index (κ2) is 4.62. The second-order valence-corrected chi connectivity index (χ2v) is 4.50. The van der Waals surface area contributed by atoms with E-state index in [1.807, 2.05) is 41.9 Å². The van der Waals surface area contributed by atoms with Crippen molar-refractivity contribution in [2.75, 3.05) is 7.11 Å². The van der Waals surface area contributed by atoms with Crippen LogP contribution in [0.1, 0.15) is 0 Å². The van der Waals surface area contributed by atoms with Crippen molar-refractivity contribution in [3.8, 4) is 22.1 Å². The third-order valence-corrected chi connectivity index (χ3v) is 3.41. The zero-order valence-corrected chi connectivity index (χ0v) is 10.6. The van der Waals surface area contributed by atoms with Crippen LogP contribution in [0.2, 0.25) is 0 Å². The molecule has 1 aromatic carbocycles. The van der Waals surface area contributed by atoms with Gasteiger partial charge in [0.25, 0.3) is 0 Å². The van der Waals surface area contributed by atoms with E-state index in [0.717, 1.165) is 22.1 Å². The number of hydrogen-bond acceptors (Lipinski definition) is 4. The van der Waals surface area contributed by atoms with Crippen molar-refractivity contribution in [1.82, 2.24) is 14.8 Å². The van der Waals surface area contributed by atoms with Crippen LogP contribution in [0.3, 0.4) is 0 Å². The molecule has 18 heavy (non-hydrogen) atoms. The number of para-hydroxylation sites is 1. The molecule has 0 aliphatic heterocycles. The Hall–Kier alpha value is -2.14. The van der Waals surface area contributed by atoms with Gasteiger partial charge < -0.3 is 4.74 Å². The number of benzene rings is 1. The van der Waals surface area contributed by atoms with Crippen molar-refractivity contribution < 1.29 is 4.74 Å². The van der Waals surface area contributed by atoms with Gasteiger partial charge in [-0.1, -0.05) is 12.1 Å². The Morgan fingerprint density at radius 2 is 2.11 bits per heavy atom. The summed E-state index contributed by atoms with van der Waals surface area (Å²) in [5.41, 5.74) is 1.90. The maximum atomic E-state index is 5.34. The molecule has 0 aliphatic rings. The summed E-state index contributed by atoms with van der Waals surface area (Å²) in [5, 5.41) is 7.03. The van der Waals surface area contributed by atoms with E-state index in [1.165, 1.54) is 0 Å². The summed E-state index contributed by atoms with van der Waals surface area (Å²) in [6.45, 7) is 0. The van der Waals surface area contributed by atoms with Gasteiger partial charge in [0, 0.05) is 23.3 Å². The molecule has 0 radical (unpaired) electrons. The van der Waals surface area contributed by atoms with Crippen LogP contribution < -0.4 is 4.74 Å².